The van der Waals surface area contributed by atoms with Gasteiger partial charge in [0.05, 0.1) is 12.4 Å². The summed E-state index contributed by atoms with van der Waals surface area (Å²) in [4.78, 5) is 9.91. The van der Waals surface area contributed by atoms with E-state index >= 15 is 0 Å². The lowest BCUT2D eigenvalue weighted by Gasteiger charge is -2.27. The van der Waals surface area contributed by atoms with E-state index in [1.165, 1.54) is 25.2 Å². The molecule has 0 radical (unpaired) electrons. The molecule has 0 saturated carbocycles. The zero-order valence-corrected chi connectivity index (χ0v) is 9.49. The van der Waals surface area contributed by atoms with Gasteiger partial charge in [-0.1, -0.05) is 0 Å². The zero-order valence-electron chi connectivity index (χ0n) is 9.49. The van der Waals surface area contributed by atoms with Crippen LogP contribution in [-0.4, -0.2) is 36.6 Å². The fourth-order valence-corrected chi connectivity index (χ4v) is 2.05. The molecule has 88 valence electrons. The smallest absolute Gasteiger partial charge is 0.225 e. The largest absolute Gasteiger partial charge is 0.344 e. The minimum absolute atomic E-state index is 0.392. The van der Waals surface area contributed by atoms with E-state index < -0.39 is 5.82 Å². The maximum Gasteiger partial charge on any atom is 0.225 e. The summed E-state index contributed by atoms with van der Waals surface area (Å²) in [5.41, 5.74) is 0. The number of rotatable bonds is 3. The third kappa shape index (κ3) is 2.88. The number of anilines is 1. The van der Waals surface area contributed by atoms with Gasteiger partial charge in [-0.25, -0.2) is 14.4 Å². The Morgan fingerprint density at radius 3 is 2.88 bits per heavy atom. The number of hydrogen-bond acceptors (Lipinski definition) is 4. The van der Waals surface area contributed by atoms with Gasteiger partial charge in [-0.3, -0.25) is 0 Å². The second-order valence-corrected chi connectivity index (χ2v) is 4.29. The van der Waals surface area contributed by atoms with E-state index in [4.69, 9.17) is 0 Å². The molecular formula is C11H17FN4. The minimum atomic E-state index is -0.392. The van der Waals surface area contributed by atoms with E-state index in [1.54, 1.807) is 0 Å². The second-order valence-electron chi connectivity index (χ2n) is 4.29. The molecular weight excluding hydrogens is 207 g/mol. The Labute approximate surface area is 94.9 Å². The molecule has 0 aromatic carbocycles. The number of piperidine rings is 1. The van der Waals surface area contributed by atoms with E-state index in [-0.39, 0.29) is 0 Å². The molecule has 1 aliphatic heterocycles. The van der Waals surface area contributed by atoms with Crippen LogP contribution in [0.4, 0.5) is 10.3 Å². The molecule has 1 fully saturated rings. The van der Waals surface area contributed by atoms with Crippen molar-refractivity contribution in [2.45, 2.75) is 12.8 Å². The standard InChI is InChI=1S/C11H17FN4/c1-16(8-9-3-2-4-13-5-9)11-14-6-10(12)7-15-11/h6-7,9,13H,2-5,8H2,1H3/t9-/m1/s1. The fraction of sp³-hybridized carbons (Fsp3) is 0.636. The van der Waals surface area contributed by atoms with Crippen LogP contribution in [0.2, 0.25) is 0 Å². The molecule has 1 atom stereocenters. The van der Waals surface area contributed by atoms with Gasteiger partial charge < -0.3 is 10.2 Å². The molecule has 2 heterocycles. The highest BCUT2D eigenvalue weighted by atomic mass is 19.1. The van der Waals surface area contributed by atoms with Gasteiger partial charge in [-0.2, -0.15) is 0 Å². The maximum atomic E-state index is 12.7. The third-order valence-electron chi connectivity index (χ3n) is 2.88. The maximum absolute atomic E-state index is 12.7. The van der Waals surface area contributed by atoms with E-state index in [1.807, 2.05) is 11.9 Å². The minimum Gasteiger partial charge on any atom is -0.344 e. The molecule has 0 aliphatic carbocycles. The molecule has 0 unspecified atom stereocenters. The Kier molecular flexibility index (Phi) is 3.66. The summed E-state index contributed by atoms with van der Waals surface area (Å²) in [5.74, 6) is 0.829. The van der Waals surface area contributed by atoms with Crippen molar-refractivity contribution in [3.05, 3.63) is 18.2 Å². The Morgan fingerprint density at radius 1 is 1.50 bits per heavy atom. The van der Waals surface area contributed by atoms with Gasteiger partial charge >= 0.3 is 0 Å². The van der Waals surface area contributed by atoms with Crippen LogP contribution >= 0.6 is 0 Å². The topological polar surface area (TPSA) is 41.0 Å². The van der Waals surface area contributed by atoms with Crippen LogP contribution in [0.1, 0.15) is 12.8 Å². The number of halogens is 1. The van der Waals surface area contributed by atoms with Crippen molar-refractivity contribution < 1.29 is 4.39 Å². The van der Waals surface area contributed by atoms with E-state index in [0.29, 0.717) is 11.9 Å². The number of nitrogens with one attached hydrogen (secondary N) is 1. The summed E-state index contributed by atoms with van der Waals surface area (Å²) < 4.78 is 12.7. The molecule has 2 rings (SSSR count). The van der Waals surface area contributed by atoms with Gasteiger partial charge in [-0.15, -0.1) is 0 Å². The van der Waals surface area contributed by atoms with Crippen molar-refractivity contribution in [1.82, 2.24) is 15.3 Å². The molecule has 4 nitrogen and oxygen atoms in total. The van der Waals surface area contributed by atoms with Crippen molar-refractivity contribution in [2.24, 2.45) is 5.92 Å². The lowest BCUT2D eigenvalue weighted by molar-refractivity contribution is 0.380. The van der Waals surface area contributed by atoms with Crippen LogP contribution < -0.4 is 10.2 Å². The molecule has 0 amide bonds. The fourth-order valence-electron chi connectivity index (χ4n) is 2.05. The predicted molar refractivity (Wildman–Crippen MR) is 60.9 cm³/mol. The summed E-state index contributed by atoms with van der Waals surface area (Å²) in [6, 6.07) is 0. The monoisotopic (exact) mass is 224 g/mol. The summed E-state index contributed by atoms with van der Waals surface area (Å²) in [6.07, 6.45) is 4.87. The number of hydrogen-bond donors (Lipinski definition) is 1. The Morgan fingerprint density at radius 2 is 2.25 bits per heavy atom. The lowest BCUT2D eigenvalue weighted by Crippen LogP contribution is -2.37. The van der Waals surface area contributed by atoms with Crippen LogP contribution in [0.25, 0.3) is 0 Å². The summed E-state index contributed by atoms with van der Waals surface area (Å²) in [6.45, 7) is 3.08. The van der Waals surface area contributed by atoms with E-state index in [0.717, 1.165) is 19.6 Å². The number of nitrogens with zero attached hydrogens (tertiary/aromatic N) is 3. The molecule has 16 heavy (non-hydrogen) atoms. The van der Waals surface area contributed by atoms with Crippen LogP contribution in [0.15, 0.2) is 12.4 Å². The molecule has 1 aliphatic rings. The van der Waals surface area contributed by atoms with Crippen LogP contribution in [-0.2, 0) is 0 Å². The third-order valence-corrected chi connectivity index (χ3v) is 2.88. The van der Waals surface area contributed by atoms with Gasteiger partial charge in [0.1, 0.15) is 0 Å². The first kappa shape index (κ1) is 11.3. The van der Waals surface area contributed by atoms with Gasteiger partial charge in [0.2, 0.25) is 5.95 Å². The van der Waals surface area contributed by atoms with E-state index in [2.05, 4.69) is 15.3 Å². The SMILES string of the molecule is CN(C[C@@H]1CCCNC1)c1ncc(F)cn1. The first-order valence-corrected chi connectivity index (χ1v) is 5.65. The summed E-state index contributed by atoms with van der Waals surface area (Å²) in [7, 11) is 1.95. The van der Waals surface area contributed by atoms with Gasteiger partial charge in [0.25, 0.3) is 0 Å². The summed E-state index contributed by atoms with van der Waals surface area (Å²) >= 11 is 0. The van der Waals surface area contributed by atoms with Crippen molar-refractivity contribution >= 4 is 5.95 Å². The second kappa shape index (κ2) is 5.21. The van der Waals surface area contributed by atoms with Gasteiger partial charge in [-0.05, 0) is 31.8 Å². The zero-order chi connectivity index (χ0) is 11.4. The Balaban J connectivity index is 1.91. The average Bonchev–Trinajstić information content (AvgIpc) is 2.31. The normalized spacial score (nSPS) is 20.8. The van der Waals surface area contributed by atoms with Crippen molar-refractivity contribution in [1.29, 1.82) is 0 Å². The molecule has 0 spiro atoms. The molecule has 5 heteroatoms. The number of aromatic nitrogens is 2. The lowest BCUT2D eigenvalue weighted by atomic mass is 9.99. The highest BCUT2D eigenvalue weighted by molar-refractivity contribution is 5.26. The molecule has 1 aromatic rings. The van der Waals surface area contributed by atoms with Crippen LogP contribution in [0.5, 0.6) is 0 Å². The van der Waals surface area contributed by atoms with Crippen molar-refractivity contribution in [3.8, 4) is 0 Å². The predicted octanol–water partition coefficient (Wildman–Crippen LogP) is 1.05. The highest BCUT2D eigenvalue weighted by Gasteiger charge is 2.16. The molecule has 1 aromatic heterocycles. The highest BCUT2D eigenvalue weighted by Crippen LogP contribution is 2.13. The van der Waals surface area contributed by atoms with Crippen LogP contribution in [0.3, 0.4) is 0 Å². The van der Waals surface area contributed by atoms with Crippen molar-refractivity contribution in [3.63, 3.8) is 0 Å². The van der Waals surface area contributed by atoms with Crippen molar-refractivity contribution in [2.75, 3.05) is 31.6 Å². The molecule has 0 bridgehead atoms. The quantitative estimate of drug-likeness (QED) is 0.833. The van der Waals surface area contributed by atoms with Gasteiger partial charge in [0.15, 0.2) is 5.82 Å². The molecule has 1 N–H and O–H groups in total. The van der Waals surface area contributed by atoms with Gasteiger partial charge in [0, 0.05) is 13.6 Å². The van der Waals surface area contributed by atoms with Crippen LogP contribution in [0, 0.1) is 11.7 Å². The Bertz CT molecular complexity index is 321. The Hall–Kier alpha value is -1.23. The summed E-state index contributed by atoms with van der Waals surface area (Å²) in [5, 5.41) is 3.37. The first-order chi connectivity index (χ1) is 7.75. The molecule has 1 saturated heterocycles. The first-order valence-electron chi connectivity index (χ1n) is 5.65. The van der Waals surface area contributed by atoms with E-state index in [9.17, 15) is 4.39 Å². The average molecular weight is 224 g/mol.